The zero-order valence-electron chi connectivity index (χ0n) is 11.7. The lowest BCUT2D eigenvalue weighted by atomic mass is 10.1. The van der Waals surface area contributed by atoms with Gasteiger partial charge in [0.2, 0.25) is 10.0 Å². The number of cyclic esters (lactones) is 1. The minimum Gasteiger partial charge on any atom is -0.494 e. The molecule has 2 saturated heterocycles. The Balaban J connectivity index is 1.85. The van der Waals surface area contributed by atoms with E-state index in [9.17, 15) is 13.2 Å². The SMILES string of the molecule is CCOc1ccc(S(=O)(=O)N2CC[C@@H]3C(=O)OC[C@@H]32)cc1. The Morgan fingerprint density at radius 2 is 2.05 bits per heavy atom. The van der Waals surface area contributed by atoms with Crippen LogP contribution in [0, 0.1) is 5.92 Å². The molecule has 0 saturated carbocycles. The number of esters is 1. The van der Waals surface area contributed by atoms with Crippen LogP contribution in [0.25, 0.3) is 0 Å². The molecule has 7 heteroatoms. The van der Waals surface area contributed by atoms with Gasteiger partial charge in [-0.2, -0.15) is 4.31 Å². The summed E-state index contributed by atoms with van der Waals surface area (Å²) < 4.78 is 37.0. The van der Waals surface area contributed by atoms with E-state index >= 15 is 0 Å². The molecule has 2 fully saturated rings. The Bertz CT molecular complexity index is 640. The molecular weight excluding hydrogens is 294 g/mol. The normalized spacial score (nSPS) is 25.7. The maximum Gasteiger partial charge on any atom is 0.310 e. The Morgan fingerprint density at radius 3 is 2.71 bits per heavy atom. The number of benzene rings is 1. The number of ether oxygens (including phenoxy) is 2. The number of carbonyl (C=O) groups excluding carboxylic acids is 1. The van der Waals surface area contributed by atoms with Gasteiger partial charge in [-0.3, -0.25) is 4.79 Å². The second kappa shape index (κ2) is 5.31. The van der Waals surface area contributed by atoms with E-state index < -0.39 is 10.0 Å². The average molecular weight is 311 g/mol. The molecule has 3 rings (SSSR count). The summed E-state index contributed by atoms with van der Waals surface area (Å²) in [4.78, 5) is 11.7. The lowest BCUT2D eigenvalue weighted by Gasteiger charge is -2.21. The summed E-state index contributed by atoms with van der Waals surface area (Å²) in [7, 11) is -3.60. The third kappa shape index (κ3) is 2.40. The van der Waals surface area contributed by atoms with Crippen molar-refractivity contribution in [3.8, 4) is 5.75 Å². The van der Waals surface area contributed by atoms with Crippen molar-refractivity contribution < 1.29 is 22.7 Å². The van der Waals surface area contributed by atoms with Gasteiger partial charge in [-0.15, -0.1) is 0 Å². The summed E-state index contributed by atoms with van der Waals surface area (Å²) in [6.45, 7) is 2.91. The number of carbonyl (C=O) groups is 1. The predicted octanol–water partition coefficient (Wildman–Crippen LogP) is 1.02. The molecule has 2 atom stereocenters. The van der Waals surface area contributed by atoms with Crippen molar-refractivity contribution in [3.05, 3.63) is 24.3 Å². The van der Waals surface area contributed by atoms with Crippen molar-refractivity contribution in [3.63, 3.8) is 0 Å². The number of sulfonamides is 1. The number of hydrogen-bond donors (Lipinski definition) is 0. The first kappa shape index (κ1) is 14.3. The highest BCUT2D eigenvalue weighted by molar-refractivity contribution is 7.89. The minimum absolute atomic E-state index is 0.153. The number of rotatable bonds is 4. The fourth-order valence-corrected chi connectivity index (χ4v) is 4.54. The molecule has 0 aromatic heterocycles. The standard InChI is InChI=1S/C14H17NO5S/c1-2-19-10-3-5-11(6-4-10)21(17,18)15-8-7-12-13(15)9-20-14(12)16/h3-6,12-13H,2,7-9H2,1H3/t12-,13-/m0/s1. The van der Waals surface area contributed by atoms with Crippen molar-refractivity contribution in [2.45, 2.75) is 24.3 Å². The second-order valence-electron chi connectivity index (χ2n) is 5.11. The first-order chi connectivity index (χ1) is 10.0. The van der Waals surface area contributed by atoms with Crippen molar-refractivity contribution in [1.82, 2.24) is 4.31 Å². The maximum absolute atomic E-state index is 12.7. The van der Waals surface area contributed by atoms with Gasteiger partial charge in [-0.25, -0.2) is 8.42 Å². The second-order valence-corrected chi connectivity index (χ2v) is 7.00. The topological polar surface area (TPSA) is 72.9 Å². The van der Waals surface area contributed by atoms with E-state index in [4.69, 9.17) is 9.47 Å². The predicted molar refractivity (Wildman–Crippen MR) is 74.4 cm³/mol. The highest BCUT2D eigenvalue weighted by atomic mass is 32.2. The van der Waals surface area contributed by atoms with Gasteiger partial charge in [0.15, 0.2) is 0 Å². The molecule has 0 unspecified atom stereocenters. The molecule has 0 amide bonds. The van der Waals surface area contributed by atoms with Crippen molar-refractivity contribution in [1.29, 1.82) is 0 Å². The smallest absolute Gasteiger partial charge is 0.310 e. The maximum atomic E-state index is 12.7. The Morgan fingerprint density at radius 1 is 1.33 bits per heavy atom. The van der Waals surface area contributed by atoms with Gasteiger partial charge in [0.05, 0.1) is 23.5 Å². The Hall–Kier alpha value is -1.60. The van der Waals surface area contributed by atoms with Crippen molar-refractivity contribution in [2.75, 3.05) is 19.8 Å². The zero-order valence-corrected chi connectivity index (χ0v) is 12.5. The summed E-state index contributed by atoms with van der Waals surface area (Å²) in [6, 6.07) is 5.98. The zero-order chi connectivity index (χ0) is 15.0. The first-order valence-electron chi connectivity index (χ1n) is 6.95. The van der Waals surface area contributed by atoms with Gasteiger partial charge in [-0.05, 0) is 37.6 Å². The highest BCUT2D eigenvalue weighted by Gasteiger charge is 2.49. The van der Waals surface area contributed by atoms with Gasteiger partial charge in [0, 0.05) is 6.54 Å². The molecular formula is C14H17NO5S. The summed E-state index contributed by atoms with van der Waals surface area (Å²) in [5.74, 6) is 0.0296. The van der Waals surface area contributed by atoms with E-state index in [1.807, 2.05) is 6.92 Å². The summed E-state index contributed by atoms with van der Waals surface area (Å²) in [5, 5.41) is 0. The van der Waals surface area contributed by atoms with Crippen LogP contribution in [-0.2, 0) is 19.6 Å². The monoisotopic (exact) mass is 311 g/mol. The largest absolute Gasteiger partial charge is 0.494 e. The summed E-state index contributed by atoms with van der Waals surface area (Å²) in [6.07, 6.45) is 0.528. The molecule has 1 aromatic carbocycles. The van der Waals surface area contributed by atoms with Crippen LogP contribution in [0.2, 0.25) is 0 Å². The third-order valence-electron chi connectivity index (χ3n) is 3.94. The summed E-state index contributed by atoms with van der Waals surface area (Å²) in [5.41, 5.74) is 0. The lowest BCUT2D eigenvalue weighted by molar-refractivity contribution is -0.141. The minimum atomic E-state index is -3.60. The van der Waals surface area contributed by atoms with Gasteiger partial charge >= 0.3 is 5.97 Å². The van der Waals surface area contributed by atoms with E-state index in [-0.39, 0.29) is 29.4 Å². The first-order valence-corrected chi connectivity index (χ1v) is 8.39. The molecule has 0 spiro atoms. The molecule has 2 aliphatic rings. The average Bonchev–Trinajstić information content (AvgIpc) is 3.03. The van der Waals surface area contributed by atoms with Crippen molar-refractivity contribution >= 4 is 16.0 Å². The van der Waals surface area contributed by atoms with Crippen LogP contribution in [0.4, 0.5) is 0 Å². The molecule has 2 aliphatic heterocycles. The van der Waals surface area contributed by atoms with Crippen LogP contribution in [0.3, 0.4) is 0 Å². The van der Waals surface area contributed by atoms with E-state index in [1.54, 1.807) is 12.1 Å². The molecule has 21 heavy (non-hydrogen) atoms. The van der Waals surface area contributed by atoms with E-state index in [1.165, 1.54) is 16.4 Å². The third-order valence-corrected chi connectivity index (χ3v) is 5.87. The van der Waals surface area contributed by atoms with Crippen LogP contribution >= 0.6 is 0 Å². The number of nitrogens with zero attached hydrogens (tertiary/aromatic N) is 1. The molecule has 2 heterocycles. The number of fused-ring (bicyclic) bond motifs is 1. The van der Waals surface area contributed by atoms with Gasteiger partial charge in [-0.1, -0.05) is 0 Å². The molecule has 0 bridgehead atoms. The lowest BCUT2D eigenvalue weighted by Crippen LogP contribution is -2.38. The molecule has 0 N–H and O–H groups in total. The molecule has 6 nitrogen and oxygen atoms in total. The molecule has 114 valence electrons. The fourth-order valence-electron chi connectivity index (χ4n) is 2.88. The van der Waals surface area contributed by atoms with Crippen molar-refractivity contribution in [2.24, 2.45) is 5.92 Å². The van der Waals surface area contributed by atoms with E-state index in [0.29, 0.717) is 25.3 Å². The molecule has 0 radical (unpaired) electrons. The Kier molecular flexibility index (Phi) is 3.62. The van der Waals surface area contributed by atoms with E-state index in [0.717, 1.165) is 0 Å². The van der Waals surface area contributed by atoms with Crippen LogP contribution in [0.5, 0.6) is 5.75 Å². The van der Waals surface area contributed by atoms with Crippen LogP contribution < -0.4 is 4.74 Å². The van der Waals surface area contributed by atoms with Gasteiger partial charge in [0.25, 0.3) is 0 Å². The fraction of sp³-hybridized carbons (Fsp3) is 0.500. The highest BCUT2D eigenvalue weighted by Crippen LogP contribution is 2.35. The van der Waals surface area contributed by atoms with Gasteiger partial charge in [0.1, 0.15) is 12.4 Å². The van der Waals surface area contributed by atoms with Crippen LogP contribution in [0.15, 0.2) is 29.2 Å². The van der Waals surface area contributed by atoms with Gasteiger partial charge < -0.3 is 9.47 Å². The molecule has 1 aromatic rings. The number of hydrogen-bond acceptors (Lipinski definition) is 5. The quantitative estimate of drug-likeness (QED) is 0.776. The molecule has 0 aliphatic carbocycles. The summed E-state index contributed by atoms with van der Waals surface area (Å²) >= 11 is 0. The van der Waals surface area contributed by atoms with Crippen LogP contribution in [0.1, 0.15) is 13.3 Å². The van der Waals surface area contributed by atoms with E-state index in [2.05, 4.69) is 0 Å². The Labute approximate surface area is 123 Å². The van der Waals surface area contributed by atoms with Crippen LogP contribution in [-0.4, -0.2) is 44.5 Å².